The van der Waals surface area contributed by atoms with Gasteiger partial charge in [0.2, 0.25) is 0 Å². The number of nitrogens with zero attached hydrogens (tertiary/aromatic N) is 1. The molecule has 1 N–H and O–H groups in total. The second-order valence-corrected chi connectivity index (χ2v) is 5.69. The lowest BCUT2D eigenvalue weighted by atomic mass is 9.99. The van der Waals surface area contributed by atoms with Crippen LogP contribution in [-0.2, 0) is 0 Å². The minimum absolute atomic E-state index is 0.637. The molecule has 0 spiro atoms. The number of hydrogen-bond donors (Lipinski definition) is 1. The zero-order chi connectivity index (χ0) is 13.0. The first-order valence-electron chi connectivity index (χ1n) is 6.59. The van der Waals surface area contributed by atoms with Gasteiger partial charge in [0.05, 0.1) is 15.2 Å². The normalized spacial score (nSPS) is 16.4. The zero-order valence-electron chi connectivity index (χ0n) is 10.9. The summed E-state index contributed by atoms with van der Waals surface area (Å²) in [6.45, 7) is 6.22. The zero-order valence-corrected chi connectivity index (χ0v) is 12.4. The largest absolute Gasteiger partial charge is 0.317 e. The molecule has 0 aliphatic carbocycles. The number of aromatic nitrogens is 1. The highest BCUT2D eigenvalue weighted by Gasteiger charge is 2.18. The Labute approximate surface area is 117 Å². The van der Waals surface area contributed by atoms with Gasteiger partial charge in [-0.25, -0.2) is 4.98 Å². The Kier molecular flexibility index (Phi) is 4.98. The molecule has 18 heavy (non-hydrogen) atoms. The van der Waals surface area contributed by atoms with Crippen LogP contribution in [0.1, 0.15) is 37.6 Å². The first-order chi connectivity index (χ1) is 8.83. The molecule has 0 bridgehead atoms. The predicted octanol–water partition coefficient (Wildman–Crippen LogP) is 4.44. The maximum absolute atomic E-state index is 5.97. The van der Waals surface area contributed by atoms with E-state index in [-0.39, 0.29) is 0 Å². The Morgan fingerprint density at radius 1 is 1.28 bits per heavy atom. The van der Waals surface area contributed by atoms with E-state index in [1.807, 2.05) is 37.3 Å². The van der Waals surface area contributed by atoms with Crippen LogP contribution >= 0.6 is 22.9 Å². The fourth-order valence-electron chi connectivity index (χ4n) is 2.16. The summed E-state index contributed by atoms with van der Waals surface area (Å²) in [6, 6.07) is 5.96. The summed E-state index contributed by atoms with van der Waals surface area (Å²) in [6.07, 6.45) is 2.40. The van der Waals surface area contributed by atoms with Crippen LogP contribution in [0.15, 0.2) is 18.2 Å². The highest BCUT2D eigenvalue weighted by molar-refractivity contribution is 7.18. The minimum Gasteiger partial charge on any atom is -0.317 e. The molecule has 4 heteroatoms. The average molecular weight is 283 g/mol. The number of benzene rings is 1. The maximum Gasteiger partial charge on any atom is 0.0970 e. The van der Waals surface area contributed by atoms with Gasteiger partial charge in [-0.2, -0.15) is 0 Å². The van der Waals surface area contributed by atoms with Crippen LogP contribution < -0.4 is 5.32 Å². The van der Waals surface area contributed by atoms with E-state index in [0.717, 1.165) is 23.6 Å². The number of nitrogens with one attached hydrogen (secondary N) is 1. The van der Waals surface area contributed by atoms with E-state index in [9.17, 15) is 0 Å². The SMILES string of the molecule is CC.Clc1ccc2sc(C3CCNCC3)nc2c1. The lowest BCUT2D eigenvalue weighted by molar-refractivity contribution is 0.459. The van der Waals surface area contributed by atoms with Crippen molar-refractivity contribution in [3.05, 3.63) is 28.2 Å². The van der Waals surface area contributed by atoms with E-state index in [0.29, 0.717) is 5.92 Å². The summed E-state index contributed by atoms with van der Waals surface area (Å²) in [7, 11) is 0. The van der Waals surface area contributed by atoms with Crippen molar-refractivity contribution in [3.8, 4) is 0 Å². The fourth-order valence-corrected chi connectivity index (χ4v) is 3.45. The van der Waals surface area contributed by atoms with E-state index in [1.54, 1.807) is 0 Å². The highest BCUT2D eigenvalue weighted by Crippen LogP contribution is 2.33. The summed E-state index contributed by atoms with van der Waals surface area (Å²) in [4.78, 5) is 4.70. The fraction of sp³-hybridized carbons (Fsp3) is 0.500. The molecule has 0 atom stereocenters. The molecule has 0 radical (unpaired) electrons. The van der Waals surface area contributed by atoms with Gasteiger partial charge in [0.15, 0.2) is 0 Å². The van der Waals surface area contributed by atoms with Crippen molar-refractivity contribution in [2.45, 2.75) is 32.6 Å². The molecule has 98 valence electrons. The van der Waals surface area contributed by atoms with Crippen LogP contribution in [0, 0.1) is 0 Å². The second kappa shape index (κ2) is 6.50. The van der Waals surface area contributed by atoms with Gasteiger partial charge in [0, 0.05) is 10.9 Å². The molecule has 1 aliphatic rings. The second-order valence-electron chi connectivity index (χ2n) is 4.19. The molecule has 2 heterocycles. The van der Waals surface area contributed by atoms with Crippen molar-refractivity contribution in [3.63, 3.8) is 0 Å². The lowest BCUT2D eigenvalue weighted by Gasteiger charge is -2.20. The van der Waals surface area contributed by atoms with E-state index in [4.69, 9.17) is 16.6 Å². The molecule has 1 aromatic heterocycles. The van der Waals surface area contributed by atoms with Gasteiger partial charge in [-0.05, 0) is 44.1 Å². The summed E-state index contributed by atoms with van der Waals surface area (Å²) in [5.74, 6) is 0.637. The van der Waals surface area contributed by atoms with Gasteiger partial charge < -0.3 is 5.32 Å². The maximum atomic E-state index is 5.97. The van der Waals surface area contributed by atoms with Crippen LogP contribution in [-0.4, -0.2) is 18.1 Å². The molecule has 0 amide bonds. The van der Waals surface area contributed by atoms with Gasteiger partial charge in [0.25, 0.3) is 0 Å². The van der Waals surface area contributed by atoms with Crippen molar-refractivity contribution < 1.29 is 0 Å². The molecule has 2 aromatic rings. The third kappa shape index (κ3) is 3.02. The van der Waals surface area contributed by atoms with Crippen LogP contribution in [0.5, 0.6) is 0 Å². The van der Waals surface area contributed by atoms with Crippen LogP contribution in [0.2, 0.25) is 5.02 Å². The van der Waals surface area contributed by atoms with Crippen LogP contribution in [0.3, 0.4) is 0 Å². The van der Waals surface area contributed by atoms with Gasteiger partial charge in [-0.3, -0.25) is 0 Å². The molecule has 0 saturated carbocycles. The molecule has 1 aromatic carbocycles. The molecular formula is C14H19ClN2S. The monoisotopic (exact) mass is 282 g/mol. The number of fused-ring (bicyclic) bond motifs is 1. The Bertz CT molecular complexity index is 503. The van der Waals surface area contributed by atoms with Crippen molar-refractivity contribution in [1.82, 2.24) is 10.3 Å². The number of rotatable bonds is 1. The topological polar surface area (TPSA) is 24.9 Å². The lowest BCUT2D eigenvalue weighted by Crippen LogP contribution is -2.26. The van der Waals surface area contributed by atoms with Crippen molar-refractivity contribution in [1.29, 1.82) is 0 Å². The van der Waals surface area contributed by atoms with Crippen LogP contribution in [0.4, 0.5) is 0 Å². The number of halogens is 1. The molecule has 2 nitrogen and oxygen atoms in total. The number of hydrogen-bond acceptors (Lipinski definition) is 3. The molecule has 0 unspecified atom stereocenters. The third-order valence-electron chi connectivity index (χ3n) is 3.05. The smallest absolute Gasteiger partial charge is 0.0970 e. The van der Waals surface area contributed by atoms with Crippen LogP contribution in [0.25, 0.3) is 10.2 Å². The third-order valence-corrected chi connectivity index (χ3v) is 4.49. The number of thiazole rings is 1. The highest BCUT2D eigenvalue weighted by atomic mass is 35.5. The van der Waals surface area contributed by atoms with E-state index in [2.05, 4.69) is 11.4 Å². The minimum atomic E-state index is 0.637. The molecule has 3 rings (SSSR count). The summed E-state index contributed by atoms with van der Waals surface area (Å²) >= 11 is 7.78. The van der Waals surface area contributed by atoms with Crippen molar-refractivity contribution >= 4 is 33.2 Å². The van der Waals surface area contributed by atoms with E-state index >= 15 is 0 Å². The molecule has 1 fully saturated rings. The molecule has 1 aliphatic heterocycles. The Morgan fingerprint density at radius 2 is 2.00 bits per heavy atom. The first kappa shape index (κ1) is 13.8. The molecular weight excluding hydrogens is 264 g/mol. The summed E-state index contributed by atoms with van der Waals surface area (Å²) in [5, 5.41) is 5.43. The van der Waals surface area contributed by atoms with Crippen molar-refractivity contribution in [2.75, 3.05) is 13.1 Å². The Hall–Kier alpha value is -0.640. The van der Waals surface area contributed by atoms with E-state index < -0.39 is 0 Å². The first-order valence-corrected chi connectivity index (χ1v) is 7.79. The Balaban J connectivity index is 0.000000574. The van der Waals surface area contributed by atoms with Gasteiger partial charge in [0.1, 0.15) is 0 Å². The quantitative estimate of drug-likeness (QED) is 0.836. The summed E-state index contributed by atoms with van der Waals surface area (Å²) in [5.41, 5.74) is 1.05. The Morgan fingerprint density at radius 3 is 2.72 bits per heavy atom. The van der Waals surface area contributed by atoms with E-state index in [1.165, 1.54) is 22.5 Å². The standard InChI is InChI=1S/C12H13ClN2S.C2H6/c13-9-1-2-11-10(7-9)15-12(16-11)8-3-5-14-6-4-8;1-2/h1-2,7-8,14H,3-6H2;1-2H3. The average Bonchev–Trinajstić information content (AvgIpc) is 2.85. The van der Waals surface area contributed by atoms with Gasteiger partial charge in [-0.15, -0.1) is 11.3 Å². The number of piperidine rings is 1. The van der Waals surface area contributed by atoms with Gasteiger partial charge >= 0.3 is 0 Å². The summed E-state index contributed by atoms with van der Waals surface area (Å²) < 4.78 is 1.25. The van der Waals surface area contributed by atoms with Crippen molar-refractivity contribution in [2.24, 2.45) is 0 Å². The molecule has 1 saturated heterocycles. The predicted molar refractivity (Wildman–Crippen MR) is 80.8 cm³/mol. The van der Waals surface area contributed by atoms with Gasteiger partial charge in [-0.1, -0.05) is 25.4 Å².